The van der Waals surface area contributed by atoms with E-state index in [9.17, 15) is 13.2 Å². The Hall–Kier alpha value is -0.330. The molecular formula is C8H14F3NO2. The quantitative estimate of drug-likeness (QED) is 0.705. The highest BCUT2D eigenvalue weighted by Crippen LogP contribution is 2.44. The standard InChI is InChI=1S/C8H14F3NO2/c9-8(10,11)7(6-14)1-2-12(5-7)3-4-13/h13-14H,1-6H2/t7-/m1/s1. The van der Waals surface area contributed by atoms with Gasteiger partial charge in [-0.1, -0.05) is 0 Å². The second kappa shape index (κ2) is 4.04. The molecule has 0 aromatic heterocycles. The molecular weight excluding hydrogens is 199 g/mol. The lowest BCUT2D eigenvalue weighted by atomic mass is 9.87. The summed E-state index contributed by atoms with van der Waals surface area (Å²) in [6.45, 7) is -0.732. The van der Waals surface area contributed by atoms with Crippen LogP contribution in [0.2, 0.25) is 0 Å². The van der Waals surface area contributed by atoms with Crippen molar-refractivity contribution in [1.29, 1.82) is 0 Å². The maximum absolute atomic E-state index is 12.6. The van der Waals surface area contributed by atoms with Gasteiger partial charge in [-0.05, 0) is 13.0 Å². The van der Waals surface area contributed by atoms with E-state index in [1.807, 2.05) is 0 Å². The van der Waals surface area contributed by atoms with Crippen molar-refractivity contribution in [3.05, 3.63) is 0 Å². The monoisotopic (exact) mass is 213 g/mol. The molecule has 1 saturated heterocycles. The van der Waals surface area contributed by atoms with E-state index < -0.39 is 18.2 Å². The Morgan fingerprint density at radius 1 is 1.29 bits per heavy atom. The molecule has 1 fully saturated rings. The van der Waals surface area contributed by atoms with E-state index in [1.54, 1.807) is 0 Å². The molecule has 1 aliphatic rings. The number of likely N-dealkylation sites (tertiary alicyclic amines) is 1. The van der Waals surface area contributed by atoms with Gasteiger partial charge in [-0.25, -0.2) is 0 Å². The van der Waals surface area contributed by atoms with Crippen molar-refractivity contribution in [2.75, 3.05) is 32.8 Å². The topological polar surface area (TPSA) is 43.7 Å². The lowest BCUT2D eigenvalue weighted by molar-refractivity contribution is -0.230. The number of alkyl halides is 3. The molecule has 0 aromatic carbocycles. The summed E-state index contributed by atoms with van der Waals surface area (Å²) in [6, 6.07) is 0. The zero-order valence-corrected chi connectivity index (χ0v) is 7.72. The van der Waals surface area contributed by atoms with E-state index in [4.69, 9.17) is 10.2 Å². The summed E-state index contributed by atoms with van der Waals surface area (Å²) in [5.74, 6) is 0. The van der Waals surface area contributed by atoms with Crippen LogP contribution in [0.4, 0.5) is 13.2 Å². The number of β-amino-alcohol motifs (C(OH)–C–C–N with tert-alkyl or cyclic N) is 1. The van der Waals surface area contributed by atoms with Crippen molar-refractivity contribution in [3.63, 3.8) is 0 Å². The summed E-state index contributed by atoms with van der Waals surface area (Å²) in [7, 11) is 0. The van der Waals surface area contributed by atoms with Crippen LogP contribution in [-0.2, 0) is 0 Å². The maximum Gasteiger partial charge on any atom is 0.397 e. The summed E-state index contributed by atoms with van der Waals surface area (Å²) in [6.07, 6.45) is -4.46. The van der Waals surface area contributed by atoms with Crippen molar-refractivity contribution >= 4 is 0 Å². The van der Waals surface area contributed by atoms with Gasteiger partial charge in [-0.15, -0.1) is 0 Å². The lowest BCUT2D eigenvalue weighted by Crippen LogP contribution is -2.44. The molecule has 1 aliphatic heterocycles. The molecule has 84 valence electrons. The normalized spacial score (nSPS) is 29.8. The van der Waals surface area contributed by atoms with Crippen molar-refractivity contribution in [1.82, 2.24) is 4.90 Å². The van der Waals surface area contributed by atoms with Gasteiger partial charge in [-0.2, -0.15) is 13.2 Å². The zero-order chi connectivity index (χ0) is 10.8. The van der Waals surface area contributed by atoms with Crippen molar-refractivity contribution in [3.8, 4) is 0 Å². The SMILES string of the molecule is OCCN1CC[C@@](CO)(C(F)(F)F)C1. The number of aliphatic hydroxyl groups excluding tert-OH is 2. The lowest BCUT2D eigenvalue weighted by Gasteiger charge is -2.29. The molecule has 1 atom stereocenters. The predicted octanol–water partition coefficient (Wildman–Crippen LogP) is 0.225. The summed E-state index contributed by atoms with van der Waals surface area (Å²) in [5, 5.41) is 17.4. The van der Waals surface area contributed by atoms with Crippen LogP contribution in [0.3, 0.4) is 0 Å². The number of halogens is 3. The van der Waals surface area contributed by atoms with Crippen molar-refractivity contribution in [2.24, 2.45) is 5.41 Å². The first kappa shape index (κ1) is 11.7. The minimum absolute atomic E-state index is 0.0903. The van der Waals surface area contributed by atoms with E-state index >= 15 is 0 Å². The number of nitrogens with zero attached hydrogens (tertiary/aromatic N) is 1. The Balaban J connectivity index is 2.66. The third-order valence-electron chi connectivity index (χ3n) is 2.75. The van der Waals surface area contributed by atoms with Gasteiger partial charge in [0.05, 0.1) is 13.2 Å². The van der Waals surface area contributed by atoms with Crippen LogP contribution in [0.15, 0.2) is 0 Å². The smallest absolute Gasteiger partial charge is 0.395 e. The van der Waals surface area contributed by atoms with Gasteiger partial charge in [0.25, 0.3) is 0 Å². The molecule has 0 radical (unpaired) electrons. The summed E-state index contributed by atoms with van der Waals surface area (Å²) < 4.78 is 37.7. The van der Waals surface area contributed by atoms with Gasteiger partial charge in [0.1, 0.15) is 5.41 Å². The molecule has 0 aliphatic carbocycles. The Kier molecular flexibility index (Phi) is 3.39. The van der Waals surface area contributed by atoms with Crippen LogP contribution in [0, 0.1) is 5.41 Å². The average molecular weight is 213 g/mol. The Morgan fingerprint density at radius 2 is 1.93 bits per heavy atom. The molecule has 3 nitrogen and oxygen atoms in total. The minimum Gasteiger partial charge on any atom is -0.395 e. The van der Waals surface area contributed by atoms with E-state index in [0.29, 0.717) is 0 Å². The van der Waals surface area contributed by atoms with Crippen LogP contribution in [0.1, 0.15) is 6.42 Å². The minimum atomic E-state index is -4.37. The molecule has 0 unspecified atom stereocenters. The van der Waals surface area contributed by atoms with Crippen LogP contribution in [-0.4, -0.2) is 54.1 Å². The maximum atomic E-state index is 12.6. The van der Waals surface area contributed by atoms with Crippen molar-refractivity contribution in [2.45, 2.75) is 12.6 Å². The molecule has 0 bridgehead atoms. The Morgan fingerprint density at radius 3 is 2.29 bits per heavy atom. The van der Waals surface area contributed by atoms with Gasteiger partial charge in [-0.3, -0.25) is 0 Å². The van der Waals surface area contributed by atoms with E-state index in [2.05, 4.69) is 0 Å². The molecule has 14 heavy (non-hydrogen) atoms. The number of hydrogen-bond acceptors (Lipinski definition) is 3. The molecule has 1 rings (SSSR count). The highest BCUT2D eigenvalue weighted by molar-refractivity contribution is 4.94. The molecule has 0 saturated carbocycles. The van der Waals surface area contributed by atoms with Gasteiger partial charge in [0, 0.05) is 13.1 Å². The summed E-state index contributed by atoms with van der Waals surface area (Å²) in [4.78, 5) is 1.52. The zero-order valence-electron chi connectivity index (χ0n) is 7.72. The van der Waals surface area contributed by atoms with Crippen LogP contribution in [0.5, 0.6) is 0 Å². The number of hydrogen-bond donors (Lipinski definition) is 2. The van der Waals surface area contributed by atoms with E-state index in [1.165, 1.54) is 4.90 Å². The van der Waals surface area contributed by atoms with Crippen LogP contribution in [0.25, 0.3) is 0 Å². The Bertz CT molecular complexity index is 198. The third-order valence-corrected chi connectivity index (χ3v) is 2.75. The van der Waals surface area contributed by atoms with Gasteiger partial charge < -0.3 is 15.1 Å². The molecule has 0 amide bonds. The Labute approximate surface area is 80.1 Å². The second-order valence-electron chi connectivity index (χ2n) is 3.69. The number of rotatable bonds is 3. The molecule has 1 heterocycles. The highest BCUT2D eigenvalue weighted by Gasteiger charge is 2.57. The van der Waals surface area contributed by atoms with Crippen LogP contribution >= 0.6 is 0 Å². The first-order chi connectivity index (χ1) is 6.45. The first-order valence-corrected chi connectivity index (χ1v) is 4.46. The third kappa shape index (κ3) is 2.02. The fourth-order valence-electron chi connectivity index (χ4n) is 1.74. The van der Waals surface area contributed by atoms with Crippen molar-refractivity contribution < 1.29 is 23.4 Å². The first-order valence-electron chi connectivity index (χ1n) is 4.46. The second-order valence-corrected chi connectivity index (χ2v) is 3.69. The van der Waals surface area contributed by atoms with Gasteiger partial charge in [0.2, 0.25) is 0 Å². The fourth-order valence-corrected chi connectivity index (χ4v) is 1.74. The van der Waals surface area contributed by atoms with Gasteiger partial charge in [0.15, 0.2) is 0 Å². The fraction of sp³-hybridized carbons (Fsp3) is 1.00. The largest absolute Gasteiger partial charge is 0.397 e. The summed E-state index contributed by atoms with van der Waals surface area (Å²) in [5.41, 5.74) is -1.98. The summed E-state index contributed by atoms with van der Waals surface area (Å²) >= 11 is 0. The van der Waals surface area contributed by atoms with E-state index in [0.717, 1.165) is 0 Å². The number of aliphatic hydroxyl groups is 2. The molecule has 6 heteroatoms. The highest BCUT2D eigenvalue weighted by atomic mass is 19.4. The molecule has 2 N–H and O–H groups in total. The average Bonchev–Trinajstić information content (AvgIpc) is 2.49. The van der Waals surface area contributed by atoms with Gasteiger partial charge >= 0.3 is 6.18 Å². The predicted molar refractivity (Wildman–Crippen MR) is 43.7 cm³/mol. The molecule has 0 aromatic rings. The van der Waals surface area contributed by atoms with Crippen LogP contribution < -0.4 is 0 Å². The van der Waals surface area contributed by atoms with E-state index in [-0.39, 0.29) is 32.7 Å². The molecule has 0 spiro atoms.